The lowest BCUT2D eigenvalue weighted by Gasteiger charge is -2.10. The molecular formula is C13H14N2. The molecule has 0 aromatic carbocycles. The van der Waals surface area contributed by atoms with Crippen LogP contribution in [0, 0.1) is 0 Å². The minimum atomic E-state index is 0.427. The molecule has 1 atom stereocenters. The average molecular weight is 198 g/mol. The van der Waals surface area contributed by atoms with Crippen molar-refractivity contribution in [2.45, 2.75) is 25.3 Å². The van der Waals surface area contributed by atoms with Gasteiger partial charge in [0, 0.05) is 6.42 Å². The maximum absolute atomic E-state index is 4.43. The molecule has 3 aliphatic rings. The summed E-state index contributed by atoms with van der Waals surface area (Å²) in [6, 6.07) is 0.427. The van der Waals surface area contributed by atoms with Crippen molar-refractivity contribution in [2.24, 2.45) is 5.10 Å². The molecule has 15 heavy (non-hydrogen) atoms. The molecule has 0 saturated heterocycles. The number of hydrogen-bond donors (Lipinski definition) is 1. The SMILES string of the molecule is C1=CCC(C2=NNC(C3=CC=CC3)C2)=C1. The fraction of sp³-hybridized carbons (Fsp3) is 0.308. The molecule has 0 bridgehead atoms. The molecule has 3 rings (SSSR count). The molecule has 0 radical (unpaired) electrons. The second kappa shape index (κ2) is 3.54. The third-order valence-corrected chi connectivity index (χ3v) is 3.14. The molecule has 0 aromatic heterocycles. The highest BCUT2D eigenvalue weighted by atomic mass is 15.3. The maximum atomic E-state index is 4.43. The summed E-state index contributed by atoms with van der Waals surface area (Å²) >= 11 is 0. The lowest BCUT2D eigenvalue weighted by Crippen LogP contribution is -2.21. The van der Waals surface area contributed by atoms with E-state index in [9.17, 15) is 0 Å². The second-order valence-corrected chi connectivity index (χ2v) is 4.14. The molecule has 0 saturated carbocycles. The third kappa shape index (κ3) is 1.56. The van der Waals surface area contributed by atoms with Gasteiger partial charge in [-0.15, -0.1) is 0 Å². The van der Waals surface area contributed by atoms with Gasteiger partial charge in [0.2, 0.25) is 0 Å². The Bertz CT molecular complexity index is 422. The highest BCUT2D eigenvalue weighted by Crippen LogP contribution is 2.24. The van der Waals surface area contributed by atoms with E-state index in [1.807, 2.05) is 0 Å². The predicted octanol–water partition coefficient (Wildman–Crippen LogP) is 2.48. The van der Waals surface area contributed by atoms with Gasteiger partial charge in [-0.05, 0) is 24.0 Å². The van der Waals surface area contributed by atoms with Gasteiger partial charge in [-0.25, -0.2) is 0 Å². The van der Waals surface area contributed by atoms with Crippen molar-refractivity contribution in [3.05, 3.63) is 47.6 Å². The van der Waals surface area contributed by atoms with Gasteiger partial charge in [0.1, 0.15) is 0 Å². The third-order valence-electron chi connectivity index (χ3n) is 3.14. The number of allylic oxidation sites excluding steroid dienone is 7. The lowest BCUT2D eigenvalue weighted by atomic mass is 9.98. The van der Waals surface area contributed by atoms with Crippen LogP contribution in [0.5, 0.6) is 0 Å². The molecule has 0 spiro atoms. The van der Waals surface area contributed by atoms with Crippen LogP contribution in [0.3, 0.4) is 0 Å². The van der Waals surface area contributed by atoms with Crippen LogP contribution in [0.4, 0.5) is 0 Å². The van der Waals surface area contributed by atoms with Gasteiger partial charge in [-0.3, -0.25) is 0 Å². The van der Waals surface area contributed by atoms with Crippen molar-refractivity contribution < 1.29 is 0 Å². The van der Waals surface area contributed by atoms with Crippen molar-refractivity contribution in [3.63, 3.8) is 0 Å². The van der Waals surface area contributed by atoms with Crippen LogP contribution in [0.2, 0.25) is 0 Å². The summed E-state index contributed by atoms with van der Waals surface area (Å²) < 4.78 is 0. The summed E-state index contributed by atoms with van der Waals surface area (Å²) in [6.45, 7) is 0. The molecule has 76 valence electrons. The summed E-state index contributed by atoms with van der Waals surface area (Å²) in [4.78, 5) is 0. The predicted molar refractivity (Wildman–Crippen MR) is 62.7 cm³/mol. The Morgan fingerprint density at radius 1 is 1.13 bits per heavy atom. The Morgan fingerprint density at radius 3 is 2.73 bits per heavy atom. The van der Waals surface area contributed by atoms with Gasteiger partial charge in [-0.2, -0.15) is 5.10 Å². The molecule has 1 unspecified atom stereocenters. The molecule has 1 heterocycles. The smallest absolute Gasteiger partial charge is 0.0711 e. The Labute approximate surface area is 89.8 Å². The molecule has 0 fully saturated rings. The van der Waals surface area contributed by atoms with Gasteiger partial charge in [0.15, 0.2) is 0 Å². The largest absolute Gasteiger partial charge is 0.302 e. The number of nitrogens with zero attached hydrogens (tertiary/aromatic N) is 1. The van der Waals surface area contributed by atoms with Crippen LogP contribution in [0.1, 0.15) is 19.3 Å². The summed E-state index contributed by atoms with van der Waals surface area (Å²) in [5.41, 5.74) is 7.30. The summed E-state index contributed by atoms with van der Waals surface area (Å²) in [5.74, 6) is 0. The normalized spacial score (nSPS) is 27.7. The van der Waals surface area contributed by atoms with Crippen LogP contribution >= 0.6 is 0 Å². The van der Waals surface area contributed by atoms with E-state index in [0.29, 0.717) is 6.04 Å². The van der Waals surface area contributed by atoms with E-state index in [-0.39, 0.29) is 0 Å². The zero-order valence-corrected chi connectivity index (χ0v) is 8.61. The Balaban J connectivity index is 1.67. The van der Waals surface area contributed by atoms with Gasteiger partial charge in [-0.1, -0.05) is 36.5 Å². The Morgan fingerprint density at radius 2 is 2.00 bits per heavy atom. The first-order valence-corrected chi connectivity index (χ1v) is 5.47. The average Bonchev–Trinajstić information content (AvgIpc) is 3.02. The van der Waals surface area contributed by atoms with Crippen molar-refractivity contribution in [3.8, 4) is 0 Å². The van der Waals surface area contributed by atoms with E-state index in [4.69, 9.17) is 0 Å². The fourth-order valence-corrected chi connectivity index (χ4v) is 2.24. The number of rotatable bonds is 2. The van der Waals surface area contributed by atoms with Crippen LogP contribution < -0.4 is 5.43 Å². The van der Waals surface area contributed by atoms with Crippen molar-refractivity contribution >= 4 is 5.71 Å². The Kier molecular flexibility index (Phi) is 2.05. The van der Waals surface area contributed by atoms with Gasteiger partial charge in [0.05, 0.1) is 11.8 Å². The van der Waals surface area contributed by atoms with E-state index in [0.717, 1.165) is 19.3 Å². The van der Waals surface area contributed by atoms with E-state index in [1.165, 1.54) is 16.9 Å². The van der Waals surface area contributed by atoms with Gasteiger partial charge in [0.25, 0.3) is 0 Å². The van der Waals surface area contributed by atoms with Crippen LogP contribution in [0.15, 0.2) is 52.7 Å². The van der Waals surface area contributed by atoms with E-state index >= 15 is 0 Å². The first-order chi connectivity index (χ1) is 7.43. The second-order valence-electron chi connectivity index (χ2n) is 4.14. The van der Waals surface area contributed by atoms with Crippen molar-refractivity contribution in [1.82, 2.24) is 5.43 Å². The van der Waals surface area contributed by atoms with E-state index in [1.54, 1.807) is 0 Å². The van der Waals surface area contributed by atoms with Crippen LogP contribution in [0.25, 0.3) is 0 Å². The summed E-state index contributed by atoms with van der Waals surface area (Å²) in [7, 11) is 0. The minimum Gasteiger partial charge on any atom is -0.302 e. The molecule has 2 heteroatoms. The quantitative estimate of drug-likeness (QED) is 0.724. The molecule has 2 aliphatic carbocycles. The standard InChI is InChI=1S/C13H14N2/c1-2-6-10(5-1)12-9-13(15-14-12)11-7-3-4-8-11/h1-5,7,12,14H,6,8-9H2. The van der Waals surface area contributed by atoms with Crippen molar-refractivity contribution in [2.75, 3.05) is 0 Å². The zero-order valence-electron chi connectivity index (χ0n) is 8.61. The van der Waals surface area contributed by atoms with Crippen molar-refractivity contribution in [1.29, 1.82) is 0 Å². The molecule has 2 nitrogen and oxygen atoms in total. The fourth-order valence-electron chi connectivity index (χ4n) is 2.24. The van der Waals surface area contributed by atoms with E-state index in [2.05, 4.69) is 47.0 Å². The Hall–Kier alpha value is -1.57. The lowest BCUT2D eigenvalue weighted by molar-refractivity contribution is 0.651. The maximum Gasteiger partial charge on any atom is 0.0711 e. The molecule has 0 aromatic rings. The summed E-state index contributed by atoms with van der Waals surface area (Å²) in [6.07, 6.45) is 16.2. The first kappa shape index (κ1) is 8.72. The molecule has 1 N–H and O–H groups in total. The molecular weight excluding hydrogens is 184 g/mol. The van der Waals surface area contributed by atoms with Gasteiger partial charge >= 0.3 is 0 Å². The minimum absolute atomic E-state index is 0.427. The highest BCUT2D eigenvalue weighted by molar-refractivity contribution is 6.02. The number of nitrogens with one attached hydrogen (secondary N) is 1. The molecule has 1 aliphatic heterocycles. The number of hydrazone groups is 1. The number of hydrogen-bond acceptors (Lipinski definition) is 2. The van der Waals surface area contributed by atoms with Crippen LogP contribution in [-0.2, 0) is 0 Å². The zero-order chi connectivity index (χ0) is 10.1. The first-order valence-electron chi connectivity index (χ1n) is 5.47. The van der Waals surface area contributed by atoms with Gasteiger partial charge < -0.3 is 5.43 Å². The molecule has 0 amide bonds. The summed E-state index contributed by atoms with van der Waals surface area (Å²) in [5, 5.41) is 4.43. The van der Waals surface area contributed by atoms with Crippen LogP contribution in [-0.4, -0.2) is 11.8 Å². The monoisotopic (exact) mass is 198 g/mol. The van der Waals surface area contributed by atoms with E-state index < -0.39 is 0 Å². The highest BCUT2D eigenvalue weighted by Gasteiger charge is 2.24. The topological polar surface area (TPSA) is 24.4 Å².